The standard InChI is InChI=1S/C11H12F3NO5S/c1-19-10(16)6-7-15-21(17,18)9-4-2-8(3-5-9)20-11(12,13)14/h2-5,15H,6-7H2,1H3. The Morgan fingerprint density at radius 1 is 1.24 bits per heavy atom. The van der Waals surface area contributed by atoms with Crippen molar-refractivity contribution >= 4 is 16.0 Å². The second-order valence-corrected chi connectivity index (χ2v) is 5.51. The number of hydrogen-bond acceptors (Lipinski definition) is 5. The monoisotopic (exact) mass is 327 g/mol. The summed E-state index contributed by atoms with van der Waals surface area (Å²) in [5.74, 6) is -1.12. The molecule has 0 spiro atoms. The van der Waals surface area contributed by atoms with E-state index in [1.807, 2.05) is 0 Å². The first-order valence-corrected chi connectivity index (χ1v) is 7.04. The molecular formula is C11H12F3NO5S. The van der Waals surface area contributed by atoms with E-state index in [2.05, 4.69) is 14.2 Å². The van der Waals surface area contributed by atoms with Crippen molar-refractivity contribution in [3.63, 3.8) is 0 Å². The van der Waals surface area contributed by atoms with E-state index in [-0.39, 0.29) is 17.9 Å². The zero-order chi connectivity index (χ0) is 16.1. The van der Waals surface area contributed by atoms with Gasteiger partial charge in [0.25, 0.3) is 0 Å². The van der Waals surface area contributed by atoms with Crippen LogP contribution in [0.15, 0.2) is 29.2 Å². The van der Waals surface area contributed by atoms with Crippen LogP contribution in [0.2, 0.25) is 0 Å². The minimum Gasteiger partial charge on any atom is -0.469 e. The molecule has 118 valence electrons. The van der Waals surface area contributed by atoms with Gasteiger partial charge in [-0.05, 0) is 24.3 Å². The number of rotatable bonds is 6. The maximum Gasteiger partial charge on any atom is 0.573 e. The van der Waals surface area contributed by atoms with Crippen LogP contribution in [0, 0.1) is 0 Å². The number of carbonyl (C=O) groups is 1. The molecule has 0 aromatic heterocycles. The Bertz CT molecular complexity index is 583. The molecule has 6 nitrogen and oxygen atoms in total. The van der Waals surface area contributed by atoms with Crippen molar-refractivity contribution in [2.45, 2.75) is 17.7 Å². The van der Waals surface area contributed by atoms with Crippen LogP contribution < -0.4 is 9.46 Å². The van der Waals surface area contributed by atoms with Crippen LogP contribution in [-0.2, 0) is 19.6 Å². The van der Waals surface area contributed by atoms with Crippen molar-refractivity contribution in [2.75, 3.05) is 13.7 Å². The Morgan fingerprint density at radius 2 is 1.81 bits per heavy atom. The van der Waals surface area contributed by atoms with Gasteiger partial charge in [0.15, 0.2) is 0 Å². The van der Waals surface area contributed by atoms with Crippen LogP contribution in [0.1, 0.15) is 6.42 Å². The lowest BCUT2D eigenvalue weighted by atomic mass is 10.3. The largest absolute Gasteiger partial charge is 0.573 e. The van der Waals surface area contributed by atoms with Crippen LogP contribution in [0.5, 0.6) is 5.75 Å². The number of esters is 1. The van der Waals surface area contributed by atoms with E-state index in [4.69, 9.17) is 0 Å². The smallest absolute Gasteiger partial charge is 0.469 e. The number of hydrogen-bond donors (Lipinski definition) is 1. The summed E-state index contributed by atoms with van der Waals surface area (Å²) in [6.07, 6.45) is -5.01. The molecule has 0 aliphatic carbocycles. The molecule has 10 heteroatoms. The molecule has 1 aromatic carbocycles. The predicted molar refractivity (Wildman–Crippen MR) is 64.9 cm³/mol. The molecule has 0 saturated carbocycles. The number of nitrogens with one attached hydrogen (secondary N) is 1. The molecule has 1 aromatic rings. The Hall–Kier alpha value is -1.81. The molecule has 0 amide bonds. The van der Waals surface area contributed by atoms with Crippen molar-refractivity contribution in [1.82, 2.24) is 4.72 Å². The highest BCUT2D eigenvalue weighted by Gasteiger charge is 2.31. The van der Waals surface area contributed by atoms with Crippen LogP contribution in [-0.4, -0.2) is 34.4 Å². The number of ether oxygens (including phenoxy) is 2. The summed E-state index contributed by atoms with van der Waals surface area (Å²) in [5.41, 5.74) is 0. The number of sulfonamides is 1. The first kappa shape index (κ1) is 17.2. The van der Waals surface area contributed by atoms with Crippen molar-refractivity contribution in [3.8, 4) is 5.75 Å². The number of halogens is 3. The summed E-state index contributed by atoms with van der Waals surface area (Å²) >= 11 is 0. The van der Waals surface area contributed by atoms with Crippen molar-refractivity contribution in [2.24, 2.45) is 0 Å². The average Bonchev–Trinajstić information content (AvgIpc) is 2.37. The molecule has 0 atom stereocenters. The fourth-order valence-electron chi connectivity index (χ4n) is 1.29. The third-order valence-electron chi connectivity index (χ3n) is 2.22. The van der Waals surface area contributed by atoms with Crippen LogP contribution in [0.4, 0.5) is 13.2 Å². The number of benzene rings is 1. The van der Waals surface area contributed by atoms with E-state index in [0.29, 0.717) is 0 Å². The number of alkyl halides is 3. The first-order chi connectivity index (χ1) is 9.64. The Balaban J connectivity index is 2.69. The van der Waals surface area contributed by atoms with Gasteiger partial charge in [0.1, 0.15) is 5.75 Å². The van der Waals surface area contributed by atoms with Gasteiger partial charge >= 0.3 is 12.3 Å². The van der Waals surface area contributed by atoms with Crippen LogP contribution >= 0.6 is 0 Å². The lowest BCUT2D eigenvalue weighted by Gasteiger charge is -2.10. The maximum absolute atomic E-state index is 12.0. The van der Waals surface area contributed by atoms with Crippen molar-refractivity contribution in [1.29, 1.82) is 0 Å². The minimum atomic E-state index is -4.85. The normalized spacial score (nSPS) is 12.0. The van der Waals surface area contributed by atoms with Gasteiger partial charge in [0.2, 0.25) is 10.0 Å². The molecular weight excluding hydrogens is 315 g/mol. The van der Waals surface area contributed by atoms with E-state index in [0.717, 1.165) is 31.4 Å². The molecule has 0 bridgehead atoms. The predicted octanol–water partition coefficient (Wildman–Crippen LogP) is 1.43. The molecule has 0 heterocycles. The maximum atomic E-state index is 12.0. The molecule has 0 aliphatic rings. The van der Waals surface area contributed by atoms with E-state index >= 15 is 0 Å². The van der Waals surface area contributed by atoms with E-state index in [1.54, 1.807) is 0 Å². The molecule has 0 aliphatic heterocycles. The highest BCUT2D eigenvalue weighted by atomic mass is 32.2. The zero-order valence-corrected chi connectivity index (χ0v) is 11.6. The van der Waals surface area contributed by atoms with Crippen molar-refractivity contribution < 1.29 is 35.9 Å². The topological polar surface area (TPSA) is 81.7 Å². The van der Waals surface area contributed by atoms with Gasteiger partial charge in [-0.25, -0.2) is 13.1 Å². The average molecular weight is 327 g/mol. The van der Waals surface area contributed by atoms with Crippen LogP contribution in [0.3, 0.4) is 0 Å². The fraction of sp³-hybridized carbons (Fsp3) is 0.364. The second kappa shape index (κ2) is 6.76. The third-order valence-corrected chi connectivity index (χ3v) is 3.69. The second-order valence-electron chi connectivity index (χ2n) is 3.74. The van der Waals surface area contributed by atoms with E-state index < -0.39 is 28.1 Å². The number of carbonyl (C=O) groups excluding carboxylic acids is 1. The van der Waals surface area contributed by atoms with Crippen molar-refractivity contribution in [3.05, 3.63) is 24.3 Å². The summed E-state index contributed by atoms with van der Waals surface area (Å²) in [6.45, 7) is -0.185. The summed E-state index contributed by atoms with van der Waals surface area (Å²) < 4.78 is 69.5. The molecule has 0 saturated heterocycles. The summed E-state index contributed by atoms with van der Waals surface area (Å²) in [7, 11) is -2.76. The van der Waals surface area contributed by atoms with Crippen LogP contribution in [0.25, 0.3) is 0 Å². The van der Waals surface area contributed by atoms with Gasteiger partial charge in [0, 0.05) is 6.54 Å². The minimum absolute atomic E-state index is 0.162. The molecule has 21 heavy (non-hydrogen) atoms. The zero-order valence-electron chi connectivity index (χ0n) is 10.8. The Morgan fingerprint density at radius 3 is 2.29 bits per heavy atom. The summed E-state index contributed by atoms with van der Waals surface area (Å²) in [6, 6.07) is 3.67. The van der Waals surface area contributed by atoms with Gasteiger partial charge in [0.05, 0.1) is 18.4 Å². The van der Waals surface area contributed by atoms with E-state index in [9.17, 15) is 26.4 Å². The lowest BCUT2D eigenvalue weighted by Crippen LogP contribution is -2.26. The van der Waals surface area contributed by atoms with E-state index in [1.165, 1.54) is 0 Å². The quantitative estimate of drug-likeness (QED) is 0.799. The third kappa shape index (κ3) is 6.00. The Labute approximate surface area is 118 Å². The highest BCUT2D eigenvalue weighted by Crippen LogP contribution is 2.23. The molecule has 1 N–H and O–H groups in total. The van der Waals surface area contributed by atoms with Gasteiger partial charge in [-0.1, -0.05) is 0 Å². The SMILES string of the molecule is COC(=O)CCNS(=O)(=O)c1ccc(OC(F)(F)F)cc1. The van der Waals surface area contributed by atoms with Gasteiger partial charge in [-0.2, -0.15) is 0 Å². The molecule has 0 unspecified atom stereocenters. The summed E-state index contributed by atoms with van der Waals surface area (Å²) in [5, 5.41) is 0. The highest BCUT2D eigenvalue weighted by molar-refractivity contribution is 7.89. The first-order valence-electron chi connectivity index (χ1n) is 5.56. The Kier molecular flexibility index (Phi) is 5.55. The fourth-order valence-corrected chi connectivity index (χ4v) is 2.33. The molecule has 0 radical (unpaired) electrons. The summed E-state index contributed by atoms with van der Waals surface area (Å²) in [4.78, 5) is 10.6. The van der Waals surface area contributed by atoms with Gasteiger partial charge in [-0.15, -0.1) is 13.2 Å². The van der Waals surface area contributed by atoms with Gasteiger partial charge in [-0.3, -0.25) is 4.79 Å². The van der Waals surface area contributed by atoms with Gasteiger partial charge < -0.3 is 9.47 Å². The lowest BCUT2D eigenvalue weighted by molar-refractivity contribution is -0.274. The molecule has 1 rings (SSSR count). The number of methoxy groups -OCH3 is 1. The molecule has 0 fully saturated rings.